The Morgan fingerprint density at radius 3 is 2.65 bits per heavy atom. The minimum absolute atomic E-state index is 0. The number of nitrogens with two attached hydrogens (primary N) is 1. The first-order valence-corrected chi connectivity index (χ1v) is 6.56. The van der Waals surface area contributed by atoms with E-state index in [2.05, 4.69) is 5.32 Å². The number of nitrogens with one attached hydrogen (secondary N) is 1. The van der Waals surface area contributed by atoms with Gasteiger partial charge in [0.2, 0.25) is 5.91 Å². The summed E-state index contributed by atoms with van der Waals surface area (Å²) < 4.78 is 18.0. The summed E-state index contributed by atoms with van der Waals surface area (Å²) in [5, 5.41) is 2.80. The van der Waals surface area contributed by atoms with Crippen LogP contribution in [0.15, 0.2) is 24.3 Å². The number of hydrogen-bond acceptors (Lipinski definition) is 3. The van der Waals surface area contributed by atoms with Crippen LogP contribution in [-0.4, -0.2) is 25.1 Å². The van der Waals surface area contributed by atoms with Gasteiger partial charge in [-0.25, -0.2) is 4.39 Å². The summed E-state index contributed by atoms with van der Waals surface area (Å²) in [5.41, 5.74) is 5.88. The van der Waals surface area contributed by atoms with Gasteiger partial charge >= 0.3 is 0 Å². The molecule has 1 aromatic rings. The van der Waals surface area contributed by atoms with Crippen LogP contribution < -0.4 is 15.8 Å². The van der Waals surface area contributed by atoms with Gasteiger partial charge in [0.15, 0.2) is 0 Å². The fraction of sp³-hybridized carbons (Fsp3) is 0.500. The second kappa shape index (κ2) is 8.07. The van der Waals surface area contributed by atoms with Crippen LogP contribution in [0.25, 0.3) is 0 Å². The maximum atomic E-state index is 12.7. The second-order valence-corrected chi connectivity index (χ2v) is 4.86. The average molecular weight is 303 g/mol. The van der Waals surface area contributed by atoms with Crippen molar-refractivity contribution in [2.45, 2.75) is 25.3 Å². The first kappa shape index (κ1) is 16.7. The lowest BCUT2D eigenvalue weighted by molar-refractivity contribution is -0.121. The van der Waals surface area contributed by atoms with Gasteiger partial charge in [-0.1, -0.05) is 0 Å². The minimum atomic E-state index is -0.306. The van der Waals surface area contributed by atoms with Crippen molar-refractivity contribution in [1.82, 2.24) is 5.32 Å². The Labute approximate surface area is 124 Å². The molecule has 0 spiro atoms. The van der Waals surface area contributed by atoms with E-state index in [0.29, 0.717) is 18.2 Å². The Bertz CT molecular complexity index is 424. The minimum Gasteiger partial charge on any atom is -0.493 e. The van der Waals surface area contributed by atoms with E-state index in [9.17, 15) is 9.18 Å². The van der Waals surface area contributed by atoms with E-state index in [-0.39, 0.29) is 43.2 Å². The van der Waals surface area contributed by atoms with E-state index >= 15 is 0 Å². The summed E-state index contributed by atoms with van der Waals surface area (Å²) in [4.78, 5) is 11.5. The Balaban J connectivity index is 0.00000200. The highest BCUT2D eigenvalue weighted by molar-refractivity contribution is 5.85. The van der Waals surface area contributed by atoms with E-state index in [0.717, 1.165) is 0 Å². The molecular weight excluding hydrogens is 283 g/mol. The number of ether oxygens (including phenoxy) is 1. The van der Waals surface area contributed by atoms with Crippen molar-refractivity contribution in [2.24, 2.45) is 11.7 Å². The summed E-state index contributed by atoms with van der Waals surface area (Å²) in [6, 6.07) is 5.79. The highest BCUT2D eigenvalue weighted by atomic mass is 35.5. The molecule has 1 fully saturated rings. The van der Waals surface area contributed by atoms with Crippen LogP contribution in [0.2, 0.25) is 0 Å². The molecule has 1 aromatic carbocycles. The van der Waals surface area contributed by atoms with Crippen LogP contribution in [-0.2, 0) is 4.79 Å². The van der Waals surface area contributed by atoms with E-state index in [1.54, 1.807) is 0 Å². The molecule has 0 bridgehead atoms. The maximum absolute atomic E-state index is 12.7. The quantitative estimate of drug-likeness (QED) is 0.808. The summed E-state index contributed by atoms with van der Waals surface area (Å²) in [6.45, 7) is 0.802. The highest BCUT2D eigenvalue weighted by Crippen LogP contribution is 2.31. The molecule has 0 aliphatic heterocycles. The molecule has 1 unspecified atom stereocenters. The third-order valence-corrected chi connectivity index (χ3v) is 3.17. The molecular formula is C14H20ClFN2O2. The molecule has 0 heterocycles. The number of carbonyl (C=O) groups excluding carboxylic acids is 1. The van der Waals surface area contributed by atoms with E-state index < -0.39 is 0 Å². The van der Waals surface area contributed by atoms with Crippen LogP contribution in [0.4, 0.5) is 4.39 Å². The smallest absolute Gasteiger partial charge is 0.223 e. The van der Waals surface area contributed by atoms with Crippen LogP contribution in [0.3, 0.4) is 0 Å². The second-order valence-electron chi connectivity index (χ2n) is 4.86. The zero-order valence-electron chi connectivity index (χ0n) is 11.2. The predicted molar refractivity (Wildman–Crippen MR) is 77.5 cm³/mol. The van der Waals surface area contributed by atoms with Gasteiger partial charge in [0.1, 0.15) is 11.6 Å². The molecule has 6 heteroatoms. The summed E-state index contributed by atoms with van der Waals surface area (Å²) in [6.07, 6.45) is 2.62. The molecule has 112 valence electrons. The Morgan fingerprint density at radius 2 is 2.05 bits per heavy atom. The van der Waals surface area contributed by atoms with E-state index in [1.807, 2.05) is 0 Å². The number of amides is 1. The summed E-state index contributed by atoms with van der Waals surface area (Å²) in [5.74, 6) is 0.761. The van der Waals surface area contributed by atoms with Crippen LogP contribution in [0.1, 0.15) is 19.3 Å². The standard InChI is InChI=1S/C14H19FN2O2.ClH/c15-11-3-5-12(6-4-11)19-8-7-14(18)17-9-13(16)10-1-2-10;/h3-6,10,13H,1-2,7-9,16H2,(H,17,18);1H. The third-order valence-electron chi connectivity index (χ3n) is 3.17. The van der Waals surface area contributed by atoms with Gasteiger partial charge in [-0.2, -0.15) is 0 Å². The van der Waals surface area contributed by atoms with Crippen molar-refractivity contribution >= 4 is 18.3 Å². The lowest BCUT2D eigenvalue weighted by atomic mass is 10.2. The molecule has 20 heavy (non-hydrogen) atoms. The number of rotatable bonds is 7. The number of benzene rings is 1. The largest absolute Gasteiger partial charge is 0.493 e. The fourth-order valence-corrected chi connectivity index (χ4v) is 1.80. The van der Waals surface area contributed by atoms with Gasteiger partial charge in [-0.15, -0.1) is 12.4 Å². The van der Waals surface area contributed by atoms with Gasteiger partial charge in [-0.05, 0) is 43.0 Å². The molecule has 1 amide bonds. The Hall–Kier alpha value is -1.33. The van der Waals surface area contributed by atoms with E-state index in [4.69, 9.17) is 10.5 Å². The zero-order valence-corrected chi connectivity index (χ0v) is 12.0. The number of carbonyl (C=O) groups is 1. The molecule has 1 saturated carbocycles. The summed E-state index contributed by atoms with van der Waals surface area (Å²) >= 11 is 0. The van der Waals surface area contributed by atoms with Crippen molar-refractivity contribution in [1.29, 1.82) is 0 Å². The van der Waals surface area contributed by atoms with Crippen molar-refractivity contribution in [3.63, 3.8) is 0 Å². The SMILES string of the molecule is Cl.NC(CNC(=O)CCOc1ccc(F)cc1)C1CC1. The van der Waals surface area contributed by atoms with Crippen molar-refractivity contribution in [3.8, 4) is 5.75 Å². The lowest BCUT2D eigenvalue weighted by Gasteiger charge is -2.11. The fourth-order valence-electron chi connectivity index (χ4n) is 1.80. The Morgan fingerprint density at radius 1 is 1.40 bits per heavy atom. The Kier molecular flexibility index (Phi) is 6.75. The van der Waals surface area contributed by atoms with Crippen LogP contribution in [0, 0.1) is 11.7 Å². The predicted octanol–water partition coefficient (Wildman–Crippen LogP) is 1.87. The van der Waals surface area contributed by atoms with Gasteiger partial charge < -0.3 is 15.8 Å². The van der Waals surface area contributed by atoms with Gasteiger partial charge in [0.25, 0.3) is 0 Å². The molecule has 4 nitrogen and oxygen atoms in total. The summed E-state index contributed by atoms with van der Waals surface area (Å²) in [7, 11) is 0. The highest BCUT2D eigenvalue weighted by Gasteiger charge is 2.28. The first-order chi connectivity index (χ1) is 9.15. The number of halogens is 2. The van der Waals surface area contributed by atoms with Crippen molar-refractivity contribution in [2.75, 3.05) is 13.2 Å². The van der Waals surface area contributed by atoms with Crippen molar-refractivity contribution in [3.05, 3.63) is 30.1 Å². The molecule has 0 aromatic heterocycles. The first-order valence-electron chi connectivity index (χ1n) is 6.56. The zero-order chi connectivity index (χ0) is 13.7. The lowest BCUT2D eigenvalue weighted by Crippen LogP contribution is -2.38. The van der Waals surface area contributed by atoms with Crippen LogP contribution in [0.5, 0.6) is 5.75 Å². The molecule has 1 atom stereocenters. The molecule has 2 rings (SSSR count). The molecule has 0 saturated heterocycles. The normalized spacial score (nSPS) is 15.1. The maximum Gasteiger partial charge on any atom is 0.223 e. The van der Waals surface area contributed by atoms with Gasteiger partial charge in [0, 0.05) is 12.6 Å². The molecule has 1 aliphatic rings. The third kappa shape index (κ3) is 5.75. The van der Waals surface area contributed by atoms with E-state index in [1.165, 1.54) is 37.1 Å². The average Bonchev–Trinajstić information content (AvgIpc) is 3.23. The molecule has 1 aliphatic carbocycles. The monoisotopic (exact) mass is 302 g/mol. The van der Waals surface area contributed by atoms with Gasteiger partial charge in [0.05, 0.1) is 13.0 Å². The molecule has 3 N–H and O–H groups in total. The molecule has 0 radical (unpaired) electrons. The topological polar surface area (TPSA) is 64.3 Å². The van der Waals surface area contributed by atoms with Gasteiger partial charge in [-0.3, -0.25) is 4.79 Å². The number of hydrogen-bond donors (Lipinski definition) is 2. The van der Waals surface area contributed by atoms with Crippen LogP contribution >= 0.6 is 12.4 Å². The van der Waals surface area contributed by atoms with Crippen molar-refractivity contribution < 1.29 is 13.9 Å².